The van der Waals surface area contributed by atoms with Crippen molar-refractivity contribution in [1.29, 1.82) is 0 Å². The molecule has 26 heavy (non-hydrogen) atoms. The van der Waals surface area contributed by atoms with Gasteiger partial charge in [0.1, 0.15) is 12.4 Å². The zero-order chi connectivity index (χ0) is 16.9. The summed E-state index contributed by atoms with van der Waals surface area (Å²) in [5.74, 6) is 0.786. The van der Waals surface area contributed by atoms with Gasteiger partial charge in [-0.05, 0) is 49.7 Å². The molecule has 1 N–H and O–H groups in total. The smallest absolute Gasteiger partial charge is 0.253 e. The highest BCUT2D eigenvalue weighted by molar-refractivity contribution is 5.94. The third-order valence-electron chi connectivity index (χ3n) is 4.37. The van der Waals surface area contributed by atoms with E-state index in [2.05, 4.69) is 10.3 Å². The van der Waals surface area contributed by atoms with Crippen LogP contribution in [0, 0.1) is 6.92 Å². The van der Waals surface area contributed by atoms with Crippen molar-refractivity contribution in [2.75, 3.05) is 20.1 Å². The lowest BCUT2D eigenvalue weighted by Gasteiger charge is -2.24. The Kier molecular flexibility index (Phi) is 8.85. The van der Waals surface area contributed by atoms with E-state index in [1.807, 2.05) is 55.3 Å². The molecule has 1 fully saturated rings. The largest absolute Gasteiger partial charge is 0.487 e. The van der Waals surface area contributed by atoms with E-state index < -0.39 is 0 Å². The fourth-order valence-electron chi connectivity index (χ4n) is 2.84. The maximum Gasteiger partial charge on any atom is 0.253 e. The first-order valence-corrected chi connectivity index (χ1v) is 8.26. The molecule has 1 unspecified atom stereocenters. The van der Waals surface area contributed by atoms with Crippen LogP contribution in [0.3, 0.4) is 0 Å². The van der Waals surface area contributed by atoms with E-state index in [4.69, 9.17) is 4.74 Å². The summed E-state index contributed by atoms with van der Waals surface area (Å²) >= 11 is 0. The van der Waals surface area contributed by atoms with Gasteiger partial charge in [-0.25, -0.2) is 0 Å². The van der Waals surface area contributed by atoms with Crippen LogP contribution in [-0.2, 0) is 6.61 Å². The lowest BCUT2D eigenvalue weighted by Crippen LogP contribution is -2.38. The molecule has 0 bridgehead atoms. The Hall–Kier alpha value is -1.82. The third-order valence-corrected chi connectivity index (χ3v) is 4.37. The van der Waals surface area contributed by atoms with Gasteiger partial charge in [-0.15, -0.1) is 24.8 Å². The number of halogens is 2. The zero-order valence-electron chi connectivity index (χ0n) is 15.0. The van der Waals surface area contributed by atoms with Gasteiger partial charge in [0, 0.05) is 30.9 Å². The molecular weight excluding hydrogens is 373 g/mol. The Labute approximate surface area is 167 Å². The summed E-state index contributed by atoms with van der Waals surface area (Å²) in [6.07, 6.45) is 2.72. The maximum absolute atomic E-state index is 12.6. The van der Waals surface area contributed by atoms with Crippen molar-refractivity contribution in [3.8, 4) is 5.75 Å². The number of nitrogens with zero attached hydrogens (tertiary/aromatic N) is 2. The van der Waals surface area contributed by atoms with Crippen molar-refractivity contribution in [2.24, 2.45) is 0 Å². The van der Waals surface area contributed by atoms with E-state index in [-0.39, 0.29) is 36.8 Å². The van der Waals surface area contributed by atoms with E-state index in [0.29, 0.717) is 12.2 Å². The molecular formula is C19H25Cl2N3O2. The summed E-state index contributed by atoms with van der Waals surface area (Å²) in [5, 5.41) is 3.29. The summed E-state index contributed by atoms with van der Waals surface area (Å²) in [7, 11) is 1.88. The molecule has 1 aromatic heterocycles. The minimum absolute atomic E-state index is 0. The number of ether oxygens (including phenoxy) is 1. The minimum atomic E-state index is 0. The first kappa shape index (κ1) is 22.2. The number of pyridine rings is 1. The number of carbonyl (C=O) groups excluding carboxylic acids is 1. The van der Waals surface area contributed by atoms with E-state index in [0.717, 1.165) is 36.5 Å². The van der Waals surface area contributed by atoms with Crippen molar-refractivity contribution in [3.05, 3.63) is 59.4 Å². The van der Waals surface area contributed by atoms with E-state index in [1.165, 1.54) is 0 Å². The van der Waals surface area contributed by atoms with Crippen LogP contribution < -0.4 is 10.1 Å². The molecule has 2 heterocycles. The molecule has 1 amide bonds. The number of amides is 1. The van der Waals surface area contributed by atoms with Crippen LogP contribution in [0.25, 0.3) is 0 Å². The van der Waals surface area contributed by atoms with Gasteiger partial charge in [-0.2, -0.15) is 0 Å². The van der Waals surface area contributed by atoms with Crippen molar-refractivity contribution in [1.82, 2.24) is 15.2 Å². The van der Waals surface area contributed by atoms with Crippen LogP contribution >= 0.6 is 24.8 Å². The number of likely N-dealkylation sites (N-methyl/N-ethyl adjacent to an activating group) is 1. The van der Waals surface area contributed by atoms with Crippen LogP contribution in [-0.4, -0.2) is 42.0 Å². The summed E-state index contributed by atoms with van der Waals surface area (Å²) in [5.41, 5.74) is 2.63. The van der Waals surface area contributed by atoms with E-state index >= 15 is 0 Å². The fourth-order valence-corrected chi connectivity index (χ4v) is 2.84. The van der Waals surface area contributed by atoms with E-state index in [9.17, 15) is 4.79 Å². The molecule has 0 radical (unpaired) electrons. The number of nitrogens with one attached hydrogen (secondary N) is 1. The normalized spacial score (nSPS) is 15.5. The lowest BCUT2D eigenvalue weighted by molar-refractivity contribution is 0.0743. The van der Waals surface area contributed by atoms with Crippen molar-refractivity contribution >= 4 is 30.7 Å². The molecule has 1 aliphatic heterocycles. The Balaban J connectivity index is 0.00000169. The number of hydrogen-bond donors (Lipinski definition) is 1. The van der Waals surface area contributed by atoms with Gasteiger partial charge in [-0.3, -0.25) is 9.78 Å². The number of hydrogen-bond acceptors (Lipinski definition) is 4. The predicted octanol–water partition coefficient (Wildman–Crippen LogP) is 3.25. The van der Waals surface area contributed by atoms with Gasteiger partial charge in [0.2, 0.25) is 0 Å². The standard InChI is InChI=1S/C19H23N3O2.2ClH/c1-14-6-7-18(12-21-14)24-13-15-4-3-5-16(10-15)19(23)22(2)17-8-9-20-11-17;;/h3-7,10,12,17,20H,8-9,11,13H2,1-2H3;2*1H. The van der Waals surface area contributed by atoms with Gasteiger partial charge in [0.15, 0.2) is 0 Å². The van der Waals surface area contributed by atoms with Gasteiger partial charge >= 0.3 is 0 Å². The molecule has 1 aliphatic rings. The SMILES string of the molecule is Cc1ccc(OCc2cccc(C(=O)N(C)C3CCNC3)c2)cn1.Cl.Cl. The molecule has 0 saturated carbocycles. The number of rotatable bonds is 5. The summed E-state index contributed by atoms with van der Waals surface area (Å²) < 4.78 is 5.74. The molecule has 1 aromatic carbocycles. The highest BCUT2D eigenvalue weighted by Gasteiger charge is 2.24. The van der Waals surface area contributed by atoms with Crippen LogP contribution in [0.2, 0.25) is 0 Å². The van der Waals surface area contributed by atoms with E-state index in [1.54, 1.807) is 6.20 Å². The zero-order valence-corrected chi connectivity index (χ0v) is 16.6. The molecule has 2 aromatic rings. The molecule has 0 aliphatic carbocycles. The Bertz CT molecular complexity index is 704. The van der Waals surface area contributed by atoms with Gasteiger partial charge in [0.05, 0.1) is 6.20 Å². The average Bonchev–Trinajstić information content (AvgIpc) is 3.15. The highest BCUT2D eigenvalue weighted by Crippen LogP contribution is 2.15. The first-order valence-electron chi connectivity index (χ1n) is 8.26. The molecule has 142 valence electrons. The van der Waals surface area contributed by atoms with Gasteiger partial charge in [0.25, 0.3) is 5.91 Å². The monoisotopic (exact) mass is 397 g/mol. The van der Waals surface area contributed by atoms with Crippen LogP contribution in [0.5, 0.6) is 5.75 Å². The number of benzene rings is 1. The summed E-state index contributed by atoms with van der Waals surface area (Å²) in [6.45, 7) is 4.20. The molecule has 5 nitrogen and oxygen atoms in total. The molecule has 1 atom stereocenters. The number of aromatic nitrogens is 1. The Morgan fingerprint density at radius 1 is 1.31 bits per heavy atom. The van der Waals surface area contributed by atoms with Gasteiger partial charge in [-0.1, -0.05) is 12.1 Å². The first-order chi connectivity index (χ1) is 11.6. The molecule has 0 spiro atoms. The van der Waals surface area contributed by atoms with Crippen LogP contribution in [0.4, 0.5) is 0 Å². The quantitative estimate of drug-likeness (QED) is 0.840. The minimum Gasteiger partial charge on any atom is -0.487 e. The topological polar surface area (TPSA) is 54.5 Å². The summed E-state index contributed by atoms with van der Waals surface area (Å²) in [6, 6.07) is 11.7. The van der Waals surface area contributed by atoms with Crippen molar-refractivity contribution in [3.63, 3.8) is 0 Å². The summed E-state index contributed by atoms with van der Waals surface area (Å²) in [4.78, 5) is 18.7. The fraction of sp³-hybridized carbons (Fsp3) is 0.368. The Morgan fingerprint density at radius 3 is 2.77 bits per heavy atom. The second-order valence-corrected chi connectivity index (χ2v) is 6.19. The van der Waals surface area contributed by atoms with Crippen molar-refractivity contribution in [2.45, 2.75) is 26.0 Å². The average molecular weight is 398 g/mol. The van der Waals surface area contributed by atoms with Crippen LogP contribution in [0.15, 0.2) is 42.6 Å². The number of aryl methyl sites for hydroxylation is 1. The third kappa shape index (κ3) is 5.59. The predicted molar refractivity (Wildman–Crippen MR) is 108 cm³/mol. The second kappa shape index (κ2) is 10.4. The lowest BCUT2D eigenvalue weighted by atomic mass is 10.1. The maximum atomic E-state index is 12.6. The Morgan fingerprint density at radius 2 is 2.12 bits per heavy atom. The van der Waals surface area contributed by atoms with Crippen molar-refractivity contribution < 1.29 is 9.53 Å². The van der Waals surface area contributed by atoms with Gasteiger partial charge < -0.3 is 15.0 Å². The molecule has 3 rings (SSSR count). The molecule has 7 heteroatoms. The molecule has 1 saturated heterocycles. The second-order valence-electron chi connectivity index (χ2n) is 6.19. The number of carbonyl (C=O) groups is 1. The highest BCUT2D eigenvalue weighted by atomic mass is 35.5. The van der Waals surface area contributed by atoms with Crippen LogP contribution in [0.1, 0.15) is 28.0 Å².